The maximum Gasteiger partial charge on any atom is 0.437 e. The lowest BCUT2D eigenvalue weighted by Gasteiger charge is -2.42. The van der Waals surface area contributed by atoms with Crippen molar-refractivity contribution in [3.05, 3.63) is 64.2 Å². The van der Waals surface area contributed by atoms with E-state index in [4.69, 9.17) is 14.2 Å². The highest BCUT2D eigenvalue weighted by atomic mass is 16.6. The van der Waals surface area contributed by atoms with E-state index in [0.29, 0.717) is 22.7 Å². The zero-order valence-corrected chi connectivity index (χ0v) is 26.6. The van der Waals surface area contributed by atoms with E-state index in [-0.39, 0.29) is 17.7 Å². The van der Waals surface area contributed by atoms with E-state index in [1.807, 2.05) is 19.9 Å². The molecule has 0 aliphatic carbocycles. The Hall–Kier alpha value is -4.41. The van der Waals surface area contributed by atoms with Crippen molar-refractivity contribution in [2.45, 2.75) is 80.4 Å². The van der Waals surface area contributed by atoms with Crippen molar-refractivity contribution in [2.24, 2.45) is 5.41 Å². The predicted molar refractivity (Wildman–Crippen MR) is 159 cm³/mol. The molecule has 2 aromatic carbocycles. The fourth-order valence-corrected chi connectivity index (χ4v) is 4.38. The molecular formula is C32H42N2O9. The van der Waals surface area contributed by atoms with Crippen LogP contribution in [0.5, 0.6) is 5.75 Å². The number of imide groups is 1. The summed E-state index contributed by atoms with van der Waals surface area (Å²) >= 11 is 0. The molecule has 11 heteroatoms. The number of hydrogen-bond acceptors (Lipinski definition) is 8. The highest BCUT2D eigenvalue weighted by Gasteiger charge is 2.49. The van der Waals surface area contributed by atoms with Crippen LogP contribution >= 0.6 is 0 Å². The first-order valence-electron chi connectivity index (χ1n) is 13.9. The molecule has 0 saturated heterocycles. The van der Waals surface area contributed by atoms with Gasteiger partial charge in [-0.2, -0.15) is 0 Å². The van der Waals surface area contributed by atoms with E-state index in [1.165, 1.54) is 27.0 Å². The maximum atomic E-state index is 14.3. The van der Waals surface area contributed by atoms with Gasteiger partial charge in [0.05, 0.1) is 19.3 Å². The number of aryl methyl sites for hydroxylation is 2. The molecule has 0 spiro atoms. The monoisotopic (exact) mass is 598 g/mol. The van der Waals surface area contributed by atoms with Gasteiger partial charge in [0.25, 0.3) is 11.8 Å². The molecule has 2 aromatic rings. The van der Waals surface area contributed by atoms with E-state index >= 15 is 0 Å². The number of esters is 1. The third-order valence-corrected chi connectivity index (χ3v) is 6.68. The Morgan fingerprint density at radius 2 is 1.49 bits per heavy atom. The Bertz CT molecular complexity index is 1370. The third-order valence-electron chi connectivity index (χ3n) is 6.68. The van der Waals surface area contributed by atoms with Crippen LogP contribution < -0.4 is 4.74 Å². The number of aliphatic carboxylic acids is 1. The number of carbonyl (C=O) groups is 5. The van der Waals surface area contributed by atoms with Gasteiger partial charge in [0.2, 0.25) is 6.10 Å². The summed E-state index contributed by atoms with van der Waals surface area (Å²) in [6.07, 6.45) is -2.96. The molecule has 43 heavy (non-hydrogen) atoms. The summed E-state index contributed by atoms with van der Waals surface area (Å²) in [7, 11) is 1.42. The Balaban J connectivity index is 2.82. The molecular weight excluding hydrogens is 556 g/mol. The molecule has 0 heterocycles. The molecule has 0 aliphatic heterocycles. The van der Waals surface area contributed by atoms with Gasteiger partial charge in [-0.3, -0.25) is 14.4 Å². The number of ether oxygens (including phenoxy) is 3. The van der Waals surface area contributed by atoms with Crippen molar-refractivity contribution in [1.82, 2.24) is 10.0 Å². The van der Waals surface area contributed by atoms with Crippen LogP contribution in [0.1, 0.15) is 85.4 Å². The molecule has 234 valence electrons. The minimum atomic E-state index is -1.95. The zero-order chi connectivity index (χ0) is 32.9. The lowest BCUT2D eigenvalue weighted by Crippen LogP contribution is -2.61. The predicted octanol–water partition coefficient (Wildman–Crippen LogP) is 5.49. The van der Waals surface area contributed by atoms with Gasteiger partial charge in [0.1, 0.15) is 11.2 Å². The molecule has 1 unspecified atom stereocenters. The van der Waals surface area contributed by atoms with E-state index in [0.717, 1.165) is 16.1 Å². The zero-order valence-electron chi connectivity index (χ0n) is 26.6. The van der Waals surface area contributed by atoms with Crippen molar-refractivity contribution in [2.75, 3.05) is 13.7 Å². The number of hydrogen-bond donors (Lipinski definition) is 1. The number of benzene rings is 2. The van der Waals surface area contributed by atoms with Gasteiger partial charge < -0.3 is 19.3 Å². The summed E-state index contributed by atoms with van der Waals surface area (Å²) in [6, 6.07) is 9.75. The average Bonchev–Trinajstić information content (AvgIpc) is 2.91. The molecule has 2 rings (SSSR count). The third kappa shape index (κ3) is 7.91. The van der Waals surface area contributed by atoms with Crippen LogP contribution in [-0.4, -0.2) is 70.3 Å². The summed E-state index contributed by atoms with van der Waals surface area (Å²) in [4.78, 5) is 67.7. The summed E-state index contributed by atoms with van der Waals surface area (Å²) < 4.78 is 16.0. The minimum absolute atomic E-state index is 0.0152. The van der Waals surface area contributed by atoms with Gasteiger partial charge in [-0.1, -0.05) is 30.2 Å². The smallest absolute Gasteiger partial charge is 0.437 e. The first-order valence-corrected chi connectivity index (χ1v) is 13.9. The molecule has 3 amide bonds. The fourth-order valence-electron chi connectivity index (χ4n) is 4.38. The Morgan fingerprint density at radius 3 is 1.98 bits per heavy atom. The van der Waals surface area contributed by atoms with Gasteiger partial charge in [-0.25, -0.2) is 14.6 Å². The number of amides is 3. The molecule has 1 N–H and O–H groups in total. The van der Waals surface area contributed by atoms with Crippen molar-refractivity contribution >= 4 is 29.8 Å². The second-order valence-electron chi connectivity index (χ2n) is 11.9. The van der Waals surface area contributed by atoms with Crippen molar-refractivity contribution in [3.8, 4) is 5.75 Å². The van der Waals surface area contributed by atoms with Crippen LogP contribution in [0.25, 0.3) is 0 Å². The van der Waals surface area contributed by atoms with Gasteiger partial charge in [0, 0.05) is 16.7 Å². The summed E-state index contributed by atoms with van der Waals surface area (Å²) in [5.74, 6) is -3.85. The summed E-state index contributed by atoms with van der Waals surface area (Å²) in [6.45, 7) is 14.2. The molecule has 0 aromatic heterocycles. The Kier molecular flexibility index (Phi) is 11.1. The van der Waals surface area contributed by atoms with E-state index < -0.39 is 46.9 Å². The van der Waals surface area contributed by atoms with Crippen LogP contribution in [0.15, 0.2) is 36.4 Å². The number of nitrogens with zero attached hydrogens (tertiary/aromatic N) is 2. The van der Waals surface area contributed by atoms with Crippen LogP contribution in [0, 0.1) is 26.2 Å². The largest absolute Gasteiger partial charge is 0.496 e. The minimum Gasteiger partial charge on any atom is -0.496 e. The number of methoxy groups -OCH3 is 1. The van der Waals surface area contributed by atoms with Gasteiger partial charge in [-0.15, -0.1) is 5.01 Å². The van der Waals surface area contributed by atoms with Crippen LogP contribution in [0.3, 0.4) is 0 Å². The quantitative estimate of drug-likeness (QED) is 0.293. The first kappa shape index (κ1) is 34.8. The lowest BCUT2D eigenvalue weighted by atomic mass is 9.86. The number of rotatable bonds is 9. The van der Waals surface area contributed by atoms with Crippen molar-refractivity contribution < 1.29 is 43.3 Å². The van der Waals surface area contributed by atoms with Crippen LogP contribution in [0.4, 0.5) is 4.79 Å². The normalized spacial score (nSPS) is 12.1. The highest BCUT2D eigenvalue weighted by Crippen LogP contribution is 2.30. The van der Waals surface area contributed by atoms with E-state index in [9.17, 15) is 29.1 Å². The van der Waals surface area contributed by atoms with Gasteiger partial charge >= 0.3 is 18.0 Å². The Labute approximate surface area is 252 Å². The average molecular weight is 599 g/mol. The summed E-state index contributed by atoms with van der Waals surface area (Å²) in [5.41, 5.74) is -0.995. The van der Waals surface area contributed by atoms with Gasteiger partial charge in [-0.05, 0) is 86.1 Å². The van der Waals surface area contributed by atoms with Gasteiger partial charge in [0.15, 0.2) is 0 Å². The number of carboxylic acid groups (broad SMARTS) is 1. The number of carboxylic acids is 1. The van der Waals surface area contributed by atoms with E-state index in [2.05, 4.69) is 0 Å². The molecule has 11 nitrogen and oxygen atoms in total. The number of hydrazine groups is 1. The lowest BCUT2D eigenvalue weighted by molar-refractivity contribution is -0.172. The Morgan fingerprint density at radius 1 is 0.907 bits per heavy atom. The highest BCUT2D eigenvalue weighted by molar-refractivity contribution is 6.07. The van der Waals surface area contributed by atoms with E-state index in [1.54, 1.807) is 58.9 Å². The molecule has 0 saturated carbocycles. The number of carbonyl (C=O) groups excluding carboxylic acids is 4. The van der Waals surface area contributed by atoms with Crippen molar-refractivity contribution in [3.63, 3.8) is 0 Å². The van der Waals surface area contributed by atoms with Crippen LogP contribution in [0.2, 0.25) is 0 Å². The van der Waals surface area contributed by atoms with Crippen LogP contribution in [-0.2, 0) is 19.1 Å². The molecule has 0 fully saturated rings. The topological polar surface area (TPSA) is 140 Å². The molecule has 0 radical (unpaired) electrons. The molecule has 0 aliphatic rings. The van der Waals surface area contributed by atoms with Crippen molar-refractivity contribution in [1.29, 1.82) is 0 Å². The maximum absolute atomic E-state index is 14.3. The SMILES string of the molecule is CCCOC(=O)C(OC(=O)N(C(=O)c1cccc(OC)c1C)N(C(=O)c1cc(C)cc(C)c1)C(C)(C)C)C(C)(C)C(=O)O. The first-order chi connectivity index (χ1) is 19.9. The second kappa shape index (κ2) is 13.7. The second-order valence-corrected chi connectivity index (χ2v) is 11.9. The molecule has 1 atom stereocenters. The molecule has 0 bridgehead atoms. The summed E-state index contributed by atoms with van der Waals surface area (Å²) in [5, 5.41) is 11.4. The fraction of sp³-hybridized carbons (Fsp3) is 0.469. The standard InChI is InChI=1S/C32H42N2O9/c1-11-15-42-28(37)25(32(8,9)29(38)39)43-30(40)33(27(36)23-13-12-14-24(41-10)21(23)4)34(31(5,6)7)26(35)22-17-19(2)16-20(3)18-22/h12-14,16-18,25H,11,15H2,1-10H3,(H,38,39).